The maximum absolute atomic E-state index is 13.4. The molecule has 2 rings (SSSR count). The summed E-state index contributed by atoms with van der Waals surface area (Å²) in [6, 6.07) is 19.5. The van der Waals surface area contributed by atoms with Crippen molar-refractivity contribution in [2.24, 2.45) is 0 Å². The first-order valence-corrected chi connectivity index (χ1v) is 10.2. The van der Waals surface area contributed by atoms with Crippen LogP contribution in [0, 0.1) is 0 Å². The highest BCUT2D eigenvalue weighted by Gasteiger charge is 2.31. The van der Waals surface area contributed by atoms with Crippen LogP contribution in [0.5, 0.6) is 0 Å². The molecule has 29 heavy (non-hydrogen) atoms. The smallest absolute Gasteiger partial charge is 0.318 e. The summed E-state index contributed by atoms with van der Waals surface area (Å²) in [6.07, 6.45) is -0.765. The maximum Gasteiger partial charge on any atom is 0.318 e. The van der Waals surface area contributed by atoms with Crippen LogP contribution in [-0.2, 0) is 19.0 Å². The average molecular weight is 400 g/mol. The molecule has 0 fully saturated rings. The predicted octanol–water partition coefficient (Wildman–Crippen LogP) is 3.73. The molecule has 0 aromatic heterocycles. The zero-order chi connectivity index (χ0) is 21.1. The molecule has 5 nitrogen and oxygen atoms in total. The van der Waals surface area contributed by atoms with Gasteiger partial charge in [0.25, 0.3) is 0 Å². The first-order chi connectivity index (χ1) is 14.1. The lowest BCUT2D eigenvalue weighted by Gasteiger charge is -2.31. The van der Waals surface area contributed by atoms with E-state index >= 15 is 0 Å². The van der Waals surface area contributed by atoms with Gasteiger partial charge in [0.05, 0.1) is 6.61 Å². The number of carbonyl (C=O) groups excluding carboxylic acids is 1. The Morgan fingerprint density at radius 1 is 0.862 bits per heavy atom. The van der Waals surface area contributed by atoms with E-state index in [1.165, 1.54) is 0 Å². The highest BCUT2D eigenvalue weighted by molar-refractivity contribution is 5.82. The Morgan fingerprint density at radius 2 is 1.38 bits per heavy atom. The lowest BCUT2D eigenvalue weighted by Crippen LogP contribution is -2.45. The molecule has 2 aromatic rings. The lowest BCUT2D eigenvalue weighted by molar-refractivity contribution is -0.161. The minimum Gasteiger partial charge on any atom is -0.457 e. The Kier molecular flexibility index (Phi) is 9.84. The number of hydrogen-bond donors (Lipinski definition) is 0. The number of carbonyl (C=O) groups is 1. The quantitative estimate of drug-likeness (QED) is 0.509. The molecule has 0 aliphatic heterocycles. The summed E-state index contributed by atoms with van der Waals surface area (Å²) in [5, 5.41) is 0. The molecule has 158 valence electrons. The zero-order valence-electron chi connectivity index (χ0n) is 17.9. The molecule has 2 aromatic carbocycles. The van der Waals surface area contributed by atoms with E-state index in [4.69, 9.17) is 14.2 Å². The normalized spacial score (nSPS) is 13.4. The van der Waals surface area contributed by atoms with Crippen molar-refractivity contribution < 1.29 is 19.0 Å². The van der Waals surface area contributed by atoms with Crippen LogP contribution in [0.4, 0.5) is 0 Å². The molecular formula is C24H33NO4. The minimum absolute atomic E-state index is 0.280. The van der Waals surface area contributed by atoms with E-state index in [2.05, 4.69) is 18.7 Å². The highest BCUT2D eigenvalue weighted by atomic mass is 16.6. The van der Waals surface area contributed by atoms with Crippen LogP contribution in [0.15, 0.2) is 60.7 Å². The molecule has 0 saturated heterocycles. The fourth-order valence-corrected chi connectivity index (χ4v) is 3.43. The van der Waals surface area contributed by atoms with Crippen molar-refractivity contribution in [2.75, 3.05) is 40.5 Å². The monoisotopic (exact) mass is 399 g/mol. The summed E-state index contributed by atoms with van der Waals surface area (Å²) in [5.74, 6) is -0.769. The van der Waals surface area contributed by atoms with E-state index < -0.39 is 12.0 Å². The molecule has 0 spiro atoms. The van der Waals surface area contributed by atoms with Gasteiger partial charge in [0.1, 0.15) is 18.1 Å². The number of likely N-dealkylation sites (N-methyl/N-ethyl adjacent to an activating group) is 1. The van der Waals surface area contributed by atoms with E-state index in [1.807, 2.05) is 60.7 Å². The van der Waals surface area contributed by atoms with Crippen molar-refractivity contribution in [1.82, 2.24) is 4.90 Å². The van der Waals surface area contributed by atoms with Crippen molar-refractivity contribution in [2.45, 2.75) is 32.0 Å². The Hall–Kier alpha value is -2.21. The summed E-state index contributed by atoms with van der Waals surface area (Å²) in [4.78, 5) is 15.6. The second kappa shape index (κ2) is 12.4. The zero-order valence-corrected chi connectivity index (χ0v) is 17.9. The first kappa shape index (κ1) is 23.1. The van der Waals surface area contributed by atoms with E-state index in [0.717, 1.165) is 24.2 Å². The number of nitrogens with zero attached hydrogens (tertiary/aromatic N) is 1. The van der Waals surface area contributed by atoms with Crippen LogP contribution in [0.1, 0.15) is 30.9 Å². The Morgan fingerprint density at radius 3 is 1.79 bits per heavy atom. The number of esters is 1. The third-order valence-electron chi connectivity index (χ3n) is 5.15. The third kappa shape index (κ3) is 6.67. The van der Waals surface area contributed by atoms with Gasteiger partial charge in [-0.05, 0) is 24.2 Å². The number of methoxy groups -OCH3 is 2. The van der Waals surface area contributed by atoms with Crippen molar-refractivity contribution in [3.05, 3.63) is 71.8 Å². The van der Waals surface area contributed by atoms with Crippen LogP contribution in [-0.4, -0.2) is 63.5 Å². The molecule has 0 bridgehead atoms. The van der Waals surface area contributed by atoms with Crippen LogP contribution in [0.25, 0.3) is 0 Å². The molecule has 0 heterocycles. The van der Waals surface area contributed by atoms with Crippen molar-refractivity contribution in [3.63, 3.8) is 0 Å². The van der Waals surface area contributed by atoms with Crippen LogP contribution >= 0.6 is 0 Å². The van der Waals surface area contributed by atoms with Crippen LogP contribution < -0.4 is 0 Å². The number of rotatable bonds is 12. The molecule has 0 unspecified atom stereocenters. The summed E-state index contributed by atoms with van der Waals surface area (Å²) in [5.41, 5.74) is 1.82. The van der Waals surface area contributed by atoms with Crippen LogP contribution in [0.2, 0.25) is 0 Å². The summed E-state index contributed by atoms with van der Waals surface area (Å²) < 4.78 is 17.0. The van der Waals surface area contributed by atoms with Gasteiger partial charge in [0, 0.05) is 20.8 Å². The van der Waals surface area contributed by atoms with Gasteiger partial charge in [-0.25, -0.2) is 0 Å². The number of ether oxygens (including phenoxy) is 3. The van der Waals surface area contributed by atoms with Crippen LogP contribution in [0.3, 0.4) is 0 Å². The standard InChI is InChI=1S/C24H33NO4/c1-5-25(6-2)17-21(22(28-4)18-27-3)29-24(26)23(19-13-9-7-10-14-19)20-15-11-8-12-16-20/h7-16,21-23H,5-6,17-18H2,1-4H3/t21-,22-/m1/s1. The fraction of sp³-hybridized carbons (Fsp3) is 0.458. The molecule has 0 saturated carbocycles. The van der Waals surface area contributed by atoms with E-state index in [0.29, 0.717) is 13.2 Å². The fourth-order valence-electron chi connectivity index (χ4n) is 3.43. The van der Waals surface area contributed by atoms with Crippen molar-refractivity contribution >= 4 is 5.97 Å². The van der Waals surface area contributed by atoms with Gasteiger partial charge in [-0.1, -0.05) is 74.5 Å². The molecule has 0 amide bonds. The lowest BCUT2D eigenvalue weighted by atomic mass is 9.91. The molecule has 5 heteroatoms. The molecule has 0 aliphatic carbocycles. The maximum atomic E-state index is 13.4. The van der Waals surface area contributed by atoms with Crippen molar-refractivity contribution in [1.29, 1.82) is 0 Å². The van der Waals surface area contributed by atoms with E-state index in [-0.39, 0.29) is 12.1 Å². The van der Waals surface area contributed by atoms with Gasteiger partial charge in [0.15, 0.2) is 0 Å². The van der Waals surface area contributed by atoms with Gasteiger partial charge in [-0.3, -0.25) is 4.79 Å². The Bertz CT molecular complexity index is 664. The first-order valence-electron chi connectivity index (χ1n) is 10.2. The second-order valence-electron chi connectivity index (χ2n) is 6.95. The van der Waals surface area contributed by atoms with Gasteiger partial charge >= 0.3 is 5.97 Å². The van der Waals surface area contributed by atoms with Gasteiger partial charge in [-0.15, -0.1) is 0 Å². The molecule has 0 aliphatic rings. The molecule has 2 atom stereocenters. The van der Waals surface area contributed by atoms with Gasteiger partial charge in [0.2, 0.25) is 0 Å². The van der Waals surface area contributed by atoms with E-state index in [9.17, 15) is 4.79 Å². The van der Waals surface area contributed by atoms with Crippen molar-refractivity contribution in [3.8, 4) is 0 Å². The summed E-state index contributed by atoms with van der Waals surface area (Å²) >= 11 is 0. The average Bonchev–Trinajstić information content (AvgIpc) is 2.76. The second-order valence-corrected chi connectivity index (χ2v) is 6.95. The third-order valence-corrected chi connectivity index (χ3v) is 5.15. The Labute approximate surface area is 174 Å². The molecule has 0 radical (unpaired) electrons. The topological polar surface area (TPSA) is 48.0 Å². The summed E-state index contributed by atoms with van der Waals surface area (Å²) in [7, 11) is 3.25. The highest BCUT2D eigenvalue weighted by Crippen LogP contribution is 2.27. The SMILES string of the molecule is CCN(CC)C[C@@H](OC(=O)C(c1ccccc1)c1ccccc1)[C@@H](COC)OC. The predicted molar refractivity (Wildman–Crippen MR) is 115 cm³/mol. The largest absolute Gasteiger partial charge is 0.457 e. The Balaban J connectivity index is 2.31. The van der Waals surface area contributed by atoms with Gasteiger partial charge < -0.3 is 19.1 Å². The van der Waals surface area contributed by atoms with Gasteiger partial charge in [-0.2, -0.15) is 0 Å². The molecule has 0 N–H and O–H groups in total. The van der Waals surface area contributed by atoms with E-state index in [1.54, 1.807) is 14.2 Å². The summed E-state index contributed by atoms with van der Waals surface area (Å²) in [6.45, 7) is 6.88. The minimum atomic E-state index is -0.489. The number of benzene rings is 2. The number of hydrogen-bond acceptors (Lipinski definition) is 5. The molecular weight excluding hydrogens is 366 g/mol.